The van der Waals surface area contributed by atoms with E-state index in [4.69, 9.17) is 5.26 Å². The van der Waals surface area contributed by atoms with Gasteiger partial charge in [0.05, 0.1) is 11.6 Å². The summed E-state index contributed by atoms with van der Waals surface area (Å²) in [4.78, 5) is 4.59. The number of halogens is 1. The van der Waals surface area contributed by atoms with E-state index in [-0.39, 0.29) is 5.82 Å². The number of nitriles is 1. The minimum atomic E-state index is -0.324. The van der Waals surface area contributed by atoms with Gasteiger partial charge in [-0.3, -0.25) is 4.90 Å². The first-order valence-electron chi connectivity index (χ1n) is 6.67. The van der Waals surface area contributed by atoms with Gasteiger partial charge >= 0.3 is 0 Å². The molecule has 1 aromatic rings. The van der Waals surface area contributed by atoms with E-state index in [1.54, 1.807) is 6.07 Å². The van der Waals surface area contributed by atoms with Crippen LogP contribution < -0.4 is 0 Å². The predicted octanol–water partition coefficient (Wildman–Crippen LogP) is 2.22. The van der Waals surface area contributed by atoms with Crippen LogP contribution in [0.25, 0.3) is 0 Å². The molecular weight excluding hydrogens is 241 g/mol. The van der Waals surface area contributed by atoms with Crippen LogP contribution in [-0.2, 0) is 6.54 Å². The Morgan fingerprint density at radius 2 is 2.21 bits per heavy atom. The highest BCUT2D eigenvalue weighted by molar-refractivity contribution is 5.33. The summed E-state index contributed by atoms with van der Waals surface area (Å²) >= 11 is 0. The number of piperidine rings is 1. The lowest BCUT2D eigenvalue weighted by atomic mass is 10.0. The molecule has 0 radical (unpaired) electrons. The van der Waals surface area contributed by atoms with E-state index in [1.807, 2.05) is 6.07 Å². The van der Waals surface area contributed by atoms with Crippen molar-refractivity contribution in [1.82, 2.24) is 9.80 Å². The molecule has 1 aromatic carbocycles. The molecule has 1 fully saturated rings. The van der Waals surface area contributed by atoms with Gasteiger partial charge in [-0.15, -0.1) is 0 Å². The fourth-order valence-electron chi connectivity index (χ4n) is 2.66. The molecule has 2 rings (SSSR count). The molecule has 0 aromatic heterocycles. The van der Waals surface area contributed by atoms with E-state index in [9.17, 15) is 4.39 Å². The van der Waals surface area contributed by atoms with Gasteiger partial charge in [0.25, 0.3) is 0 Å². The first-order valence-corrected chi connectivity index (χ1v) is 6.67. The normalized spacial score (nSPS) is 20.5. The first-order chi connectivity index (χ1) is 9.08. The summed E-state index contributed by atoms with van der Waals surface area (Å²) in [6, 6.07) is 7.16. The van der Waals surface area contributed by atoms with E-state index in [2.05, 4.69) is 23.9 Å². The Bertz CT molecular complexity index is 479. The Kier molecular flexibility index (Phi) is 4.52. The standard InChI is InChI=1S/C15H20FN3/c1-18(2)15-4-3-5-19(11-15)10-13-6-12(9-17)7-14(16)8-13/h6-8,15H,3-5,10-11H2,1-2H3. The number of likely N-dealkylation sites (N-methyl/N-ethyl adjacent to an activating group) is 1. The van der Waals surface area contributed by atoms with Gasteiger partial charge in [0.15, 0.2) is 0 Å². The van der Waals surface area contributed by atoms with Crippen molar-refractivity contribution in [2.75, 3.05) is 27.2 Å². The molecular formula is C15H20FN3. The lowest BCUT2D eigenvalue weighted by Gasteiger charge is -2.36. The zero-order valence-corrected chi connectivity index (χ0v) is 11.6. The van der Waals surface area contributed by atoms with E-state index in [0.29, 0.717) is 11.6 Å². The van der Waals surface area contributed by atoms with Crippen LogP contribution >= 0.6 is 0 Å². The van der Waals surface area contributed by atoms with Gasteiger partial charge in [-0.05, 0) is 57.2 Å². The van der Waals surface area contributed by atoms with Gasteiger partial charge in [-0.25, -0.2) is 4.39 Å². The van der Waals surface area contributed by atoms with Crippen molar-refractivity contribution in [3.63, 3.8) is 0 Å². The summed E-state index contributed by atoms with van der Waals surface area (Å²) in [6.07, 6.45) is 2.39. The van der Waals surface area contributed by atoms with Crippen LogP contribution in [0.1, 0.15) is 24.0 Å². The third kappa shape index (κ3) is 3.76. The molecule has 1 saturated heterocycles. The van der Waals surface area contributed by atoms with Gasteiger partial charge in [-0.1, -0.05) is 0 Å². The highest BCUT2D eigenvalue weighted by Crippen LogP contribution is 2.17. The first kappa shape index (κ1) is 14.0. The molecule has 1 aliphatic rings. The van der Waals surface area contributed by atoms with Gasteiger partial charge < -0.3 is 4.90 Å². The van der Waals surface area contributed by atoms with Gasteiger partial charge in [0.1, 0.15) is 5.82 Å². The summed E-state index contributed by atoms with van der Waals surface area (Å²) in [5.41, 5.74) is 1.28. The van der Waals surface area contributed by atoms with Crippen molar-refractivity contribution in [2.24, 2.45) is 0 Å². The maximum absolute atomic E-state index is 13.4. The molecule has 19 heavy (non-hydrogen) atoms. The Morgan fingerprint density at radius 1 is 1.42 bits per heavy atom. The van der Waals surface area contributed by atoms with E-state index < -0.39 is 0 Å². The Labute approximate surface area is 114 Å². The summed E-state index contributed by atoms with van der Waals surface area (Å²) in [5, 5.41) is 8.87. The second kappa shape index (κ2) is 6.14. The van der Waals surface area contributed by atoms with E-state index in [1.165, 1.54) is 25.0 Å². The Balaban J connectivity index is 2.05. The summed E-state index contributed by atoms with van der Waals surface area (Å²) in [7, 11) is 4.20. The minimum Gasteiger partial charge on any atom is -0.305 e. The topological polar surface area (TPSA) is 30.3 Å². The monoisotopic (exact) mass is 261 g/mol. The van der Waals surface area contributed by atoms with Crippen molar-refractivity contribution in [3.05, 3.63) is 35.1 Å². The molecule has 0 saturated carbocycles. The van der Waals surface area contributed by atoms with E-state index in [0.717, 1.165) is 25.2 Å². The van der Waals surface area contributed by atoms with Crippen molar-refractivity contribution in [2.45, 2.75) is 25.4 Å². The average molecular weight is 261 g/mol. The lowest BCUT2D eigenvalue weighted by molar-refractivity contribution is 0.128. The third-order valence-electron chi connectivity index (χ3n) is 3.70. The number of hydrogen-bond donors (Lipinski definition) is 0. The van der Waals surface area contributed by atoms with Crippen LogP contribution in [0.4, 0.5) is 4.39 Å². The molecule has 0 spiro atoms. The molecule has 1 aliphatic heterocycles. The molecule has 0 N–H and O–H groups in total. The third-order valence-corrected chi connectivity index (χ3v) is 3.70. The summed E-state index contributed by atoms with van der Waals surface area (Å²) in [6.45, 7) is 2.77. The molecule has 1 unspecified atom stereocenters. The maximum atomic E-state index is 13.4. The van der Waals surface area contributed by atoms with Crippen LogP contribution in [0, 0.1) is 17.1 Å². The molecule has 1 atom stereocenters. The zero-order chi connectivity index (χ0) is 13.8. The Morgan fingerprint density at radius 3 is 2.89 bits per heavy atom. The number of nitrogens with zero attached hydrogens (tertiary/aromatic N) is 3. The quantitative estimate of drug-likeness (QED) is 0.836. The van der Waals surface area contributed by atoms with Crippen molar-refractivity contribution < 1.29 is 4.39 Å². The number of likely N-dealkylation sites (tertiary alicyclic amines) is 1. The van der Waals surface area contributed by atoms with Gasteiger partial charge in [0, 0.05) is 19.1 Å². The molecule has 0 amide bonds. The largest absolute Gasteiger partial charge is 0.305 e. The van der Waals surface area contributed by atoms with Crippen molar-refractivity contribution in [3.8, 4) is 6.07 Å². The maximum Gasteiger partial charge on any atom is 0.124 e. The van der Waals surface area contributed by atoms with Crippen LogP contribution in [0.15, 0.2) is 18.2 Å². The average Bonchev–Trinajstić information content (AvgIpc) is 2.38. The smallest absolute Gasteiger partial charge is 0.124 e. The number of benzene rings is 1. The minimum absolute atomic E-state index is 0.324. The second-order valence-corrected chi connectivity index (χ2v) is 5.45. The van der Waals surface area contributed by atoms with Crippen molar-refractivity contribution >= 4 is 0 Å². The fraction of sp³-hybridized carbons (Fsp3) is 0.533. The predicted molar refractivity (Wildman–Crippen MR) is 73.1 cm³/mol. The van der Waals surface area contributed by atoms with Crippen LogP contribution in [0.3, 0.4) is 0 Å². The van der Waals surface area contributed by atoms with Crippen LogP contribution in [-0.4, -0.2) is 43.0 Å². The number of hydrogen-bond acceptors (Lipinski definition) is 3. The zero-order valence-electron chi connectivity index (χ0n) is 11.6. The van der Waals surface area contributed by atoms with Gasteiger partial charge in [0.2, 0.25) is 0 Å². The highest BCUT2D eigenvalue weighted by atomic mass is 19.1. The molecule has 4 heteroatoms. The number of rotatable bonds is 3. The SMILES string of the molecule is CN(C)C1CCCN(Cc2cc(F)cc(C#N)c2)C1. The van der Waals surface area contributed by atoms with Gasteiger partial charge in [-0.2, -0.15) is 5.26 Å². The Hall–Kier alpha value is -1.44. The summed E-state index contributed by atoms with van der Waals surface area (Å²) in [5.74, 6) is -0.324. The lowest BCUT2D eigenvalue weighted by Crippen LogP contribution is -2.44. The molecule has 0 bridgehead atoms. The molecule has 0 aliphatic carbocycles. The van der Waals surface area contributed by atoms with Crippen molar-refractivity contribution in [1.29, 1.82) is 5.26 Å². The van der Waals surface area contributed by atoms with E-state index >= 15 is 0 Å². The molecule has 102 valence electrons. The summed E-state index contributed by atoms with van der Waals surface area (Å²) < 4.78 is 13.4. The highest BCUT2D eigenvalue weighted by Gasteiger charge is 2.21. The molecule has 1 heterocycles. The molecule has 3 nitrogen and oxygen atoms in total. The second-order valence-electron chi connectivity index (χ2n) is 5.45. The van der Waals surface area contributed by atoms with Crippen LogP contribution in [0.2, 0.25) is 0 Å². The van der Waals surface area contributed by atoms with Crippen LogP contribution in [0.5, 0.6) is 0 Å². The fourth-order valence-corrected chi connectivity index (χ4v) is 2.66.